The molecule has 0 amide bonds. The van der Waals surface area contributed by atoms with Gasteiger partial charge in [0.2, 0.25) is 0 Å². The van der Waals surface area contributed by atoms with Crippen LogP contribution >= 0.6 is 11.3 Å². The summed E-state index contributed by atoms with van der Waals surface area (Å²) in [5, 5.41) is 4.34. The first-order valence-electron chi connectivity index (χ1n) is 4.87. The molecule has 1 atom stereocenters. The van der Waals surface area contributed by atoms with Crippen molar-refractivity contribution in [3.63, 3.8) is 0 Å². The van der Waals surface area contributed by atoms with E-state index in [4.69, 9.17) is 4.42 Å². The Kier molecular flexibility index (Phi) is 2.88. The van der Waals surface area contributed by atoms with Crippen molar-refractivity contribution in [2.45, 2.75) is 19.9 Å². The third kappa shape index (κ3) is 1.96. The van der Waals surface area contributed by atoms with E-state index in [1.54, 1.807) is 17.6 Å². The number of rotatable bonds is 3. The summed E-state index contributed by atoms with van der Waals surface area (Å²) in [7, 11) is 1.93. The summed E-state index contributed by atoms with van der Waals surface area (Å²) in [5.41, 5.74) is 1.08. The number of thiazole rings is 1. The van der Waals surface area contributed by atoms with Gasteiger partial charge in [0, 0.05) is 0 Å². The molecule has 4 heteroatoms. The highest BCUT2D eigenvalue weighted by atomic mass is 32.1. The van der Waals surface area contributed by atoms with Crippen LogP contribution in [0.2, 0.25) is 0 Å². The van der Waals surface area contributed by atoms with Crippen LogP contribution in [0.25, 0.3) is 0 Å². The van der Waals surface area contributed by atoms with Crippen LogP contribution in [0.1, 0.15) is 27.4 Å². The minimum Gasteiger partial charge on any atom is -0.467 e. The summed E-state index contributed by atoms with van der Waals surface area (Å²) >= 11 is 1.71. The highest BCUT2D eigenvalue weighted by Gasteiger charge is 2.19. The lowest BCUT2D eigenvalue weighted by molar-refractivity contribution is 0.465. The molecule has 0 aliphatic heterocycles. The molecule has 0 spiro atoms. The fourth-order valence-electron chi connectivity index (χ4n) is 1.67. The number of aromatic nitrogens is 1. The van der Waals surface area contributed by atoms with Crippen molar-refractivity contribution in [1.29, 1.82) is 0 Å². The molecular formula is C11H14N2OS. The molecule has 0 saturated carbocycles. The zero-order chi connectivity index (χ0) is 10.8. The zero-order valence-corrected chi connectivity index (χ0v) is 9.89. The van der Waals surface area contributed by atoms with Crippen molar-refractivity contribution in [2.24, 2.45) is 0 Å². The Morgan fingerprint density at radius 2 is 2.27 bits per heavy atom. The van der Waals surface area contributed by atoms with Crippen LogP contribution in [0.4, 0.5) is 0 Å². The molecule has 2 rings (SSSR count). The van der Waals surface area contributed by atoms with Crippen molar-refractivity contribution in [2.75, 3.05) is 7.05 Å². The van der Waals surface area contributed by atoms with Gasteiger partial charge in [-0.05, 0) is 33.0 Å². The lowest BCUT2D eigenvalue weighted by Crippen LogP contribution is -2.16. The second-order valence-electron chi connectivity index (χ2n) is 3.42. The summed E-state index contributed by atoms with van der Waals surface area (Å²) in [4.78, 5) is 5.65. The van der Waals surface area contributed by atoms with Gasteiger partial charge in [-0.1, -0.05) is 0 Å². The van der Waals surface area contributed by atoms with E-state index in [1.807, 2.05) is 33.0 Å². The van der Waals surface area contributed by atoms with Gasteiger partial charge in [-0.25, -0.2) is 4.98 Å². The molecule has 0 saturated heterocycles. The predicted molar refractivity (Wildman–Crippen MR) is 61.2 cm³/mol. The monoisotopic (exact) mass is 222 g/mol. The Balaban J connectivity index is 2.39. The molecule has 2 aromatic rings. The number of hydrogen-bond acceptors (Lipinski definition) is 4. The molecule has 15 heavy (non-hydrogen) atoms. The number of hydrogen-bond donors (Lipinski definition) is 1. The van der Waals surface area contributed by atoms with Gasteiger partial charge in [0.25, 0.3) is 0 Å². The molecule has 0 aliphatic rings. The van der Waals surface area contributed by atoms with E-state index < -0.39 is 0 Å². The van der Waals surface area contributed by atoms with E-state index in [2.05, 4.69) is 10.3 Å². The molecule has 80 valence electrons. The smallest absolute Gasteiger partial charge is 0.126 e. The number of furan rings is 1. The van der Waals surface area contributed by atoms with Gasteiger partial charge in [-0.3, -0.25) is 0 Å². The molecule has 2 heterocycles. The average molecular weight is 222 g/mol. The number of nitrogens with one attached hydrogen (secondary N) is 1. The lowest BCUT2D eigenvalue weighted by atomic mass is 10.1. The second-order valence-corrected chi connectivity index (χ2v) is 4.65. The normalized spacial score (nSPS) is 13.0. The van der Waals surface area contributed by atoms with Crippen molar-refractivity contribution in [1.82, 2.24) is 10.3 Å². The molecule has 0 aliphatic carbocycles. The summed E-state index contributed by atoms with van der Waals surface area (Å²) in [6.45, 7) is 4.06. The van der Waals surface area contributed by atoms with Crippen LogP contribution in [0, 0.1) is 13.8 Å². The first-order chi connectivity index (χ1) is 7.22. The Bertz CT molecular complexity index is 433. The first kappa shape index (κ1) is 10.4. The molecule has 1 N–H and O–H groups in total. The summed E-state index contributed by atoms with van der Waals surface area (Å²) < 4.78 is 5.42. The van der Waals surface area contributed by atoms with Gasteiger partial charge in [0.1, 0.15) is 11.8 Å². The van der Waals surface area contributed by atoms with Gasteiger partial charge in [-0.15, -0.1) is 11.3 Å². The highest BCUT2D eigenvalue weighted by Crippen LogP contribution is 2.29. The molecule has 3 nitrogen and oxygen atoms in total. The maximum Gasteiger partial charge on any atom is 0.126 e. The van der Waals surface area contributed by atoms with E-state index in [1.165, 1.54) is 4.88 Å². The van der Waals surface area contributed by atoms with Crippen LogP contribution in [-0.4, -0.2) is 12.0 Å². The van der Waals surface area contributed by atoms with E-state index in [0.29, 0.717) is 0 Å². The Morgan fingerprint density at radius 3 is 2.73 bits per heavy atom. The van der Waals surface area contributed by atoms with Gasteiger partial charge in [0.15, 0.2) is 0 Å². The average Bonchev–Trinajstić information content (AvgIpc) is 2.79. The lowest BCUT2D eigenvalue weighted by Gasteiger charge is -2.11. The molecule has 0 radical (unpaired) electrons. The SMILES string of the molecule is CNC(c1ccco1)c1sc(C)nc1C. The van der Waals surface area contributed by atoms with Crippen molar-refractivity contribution in [3.8, 4) is 0 Å². The van der Waals surface area contributed by atoms with E-state index >= 15 is 0 Å². The number of nitrogens with zero attached hydrogens (tertiary/aromatic N) is 1. The van der Waals surface area contributed by atoms with E-state index in [0.717, 1.165) is 16.5 Å². The fraction of sp³-hybridized carbons (Fsp3) is 0.364. The molecule has 2 aromatic heterocycles. The largest absolute Gasteiger partial charge is 0.467 e. The van der Waals surface area contributed by atoms with E-state index in [-0.39, 0.29) is 6.04 Å². The molecule has 1 unspecified atom stereocenters. The molecule has 0 fully saturated rings. The van der Waals surface area contributed by atoms with Crippen LogP contribution in [-0.2, 0) is 0 Å². The maximum absolute atomic E-state index is 5.42. The molecular weight excluding hydrogens is 208 g/mol. The standard InChI is InChI=1S/C11H14N2OS/c1-7-11(15-8(2)13-7)10(12-3)9-5-4-6-14-9/h4-6,10,12H,1-3H3. The van der Waals surface area contributed by atoms with Gasteiger partial charge in [0.05, 0.1) is 21.8 Å². The quantitative estimate of drug-likeness (QED) is 0.867. The van der Waals surface area contributed by atoms with Crippen molar-refractivity contribution >= 4 is 11.3 Å². The Morgan fingerprint density at radius 1 is 1.47 bits per heavy atom. The predicted octanol–water partition coefficient (Wildman–Crippen LogP) is 2.66. The third-order valence-corrected chi connectivity index (χ3v) is 3.46. The summed E-state index contributed by atoms with van der Waals surface area (Å²) in [6, 6.07) is 4.00. The van der Waals surface area contributed by atoms with Crippen LogP contribution in [0.3, 0.4) is 0 Å². The topological polar surface area (TPSA) is 38.1 Å². The molecule has 0 bridgehead atoms. The minimum atomic E-state index is 0.117. The van der Waals surface area contributed by atoms with Gasteiger partial charge >= 0.3 is 0 Å². The minimum absolute atomic E-state index is 0.117. The molecule has 0 aromatic carbocycles. The van der Waals surface area contributed by atoms with Gasteiger partial charge < -0.3 is 9.73 Å². The first-order valence-corrected chi connectivity index (χ1v) is 5.68. The van der Waals surface area contributed by atoms with Crippen LogP contribution in [0.15, 0.2) is 22.8 Å². The number of aryl methyl sites for hydroxylation is 2. The summed E-state index contributed by atoms with van der Waals surface area (Å²) in [5.74, 6) is 0.934. The third-order valence-electron chi connectivity index (χ3n) is 2.32. The second kappa shape index (κ2) is 4.16. The van der Waals surface area contributed by atoms with Crippen molar-refractivity contribution < 1.29 is 4.42 Å². The Hall–Kier alpha value is -1.13. The summed E-state index contributed by atoms with van der Waals surface area (Å²) in [6.07, 6.45) is 1.70. The Labute approximate surface area is 93.2 Å². The van der Waals surface area contributed by atoms with Crippen LogP contribution < -0.4 is 5.32 Å². The van der Waals surface area contributed by atoms with Crippen molar-refractivity contribution in [3.05, 3.63) is 39.7 Å². The van der Waals surface area contributed by atoms with E-state index in [9.17, 15) is 0 Å². The highest BCUT2D eigenvalue weighted by molar-refractivity contribution is 7.11. The zero-order valence-electron chi connectivity index (χ0n) is 9.07. The van der Waals surface area contributed by atoms with Crippen LogP contribution in [0.5, 0.6) is 0 Å². The van der Waals surface area contributed by atoms with Gasteiger partial charge in [-0.2, -0.15) is 0 Å². The fourth-order valence-corrected chi connectivity index (χ4v) is 2.72. The maximum atomic E-state index is 5.42.